The number of alkyl halides is 2. The molecule has 0 aromatic carbocycles. The van der Waals surface area contributed by atoms with Crippen LogP contribution in [0.4, 0.5) is 19.4 Å². The molecule has 2 amide bonds. The van der Waals surface area contributed by atoms with Crippen LogP contribution in [-0.4, -0.2) is 56.2 Å². The predicted molar refractivity (Wildman–Crippen MR) is 134 cm³/mol. The van der Waals surface area contributed by atoms with Crippen LogP contribution < -0.4 is 15.4 Å². The quantitative estimate of drug-likeness (QED) is 0.518. The molecule has 4 fully saturated rings. The third kappa shape index (κ3) is 5.22. The molecular formula is C26H36F2N6O4. The van der Waals surface area contributed by atoms with E-state index in [1.807, 2.05) is 26.8 Å². The number of ether oxygens (including phenoxy) is 2. The van der Waals surface area contributed by atoms with Crippen molar-refractivity contribution in [3.05, 3.63) is 23.5 Å². The highest BCUT2D eigenvalue weighted by atomic mass is 19.3. The zero-order valence-corrected chi connectivity index (χ0v) is 22.5. The fourth-order valence-electron chi connectivity index (χ4n) is 5.88. The summed E-state index contributed by atoms with van der Waals surface area (Å²) in [5, 5.41) is 14.8. The SMILES string of the molecule is C[C@@H]1C[C@H](c2cc(NC(=O)c3cc(OCC(F)F)nn3C)n(C(C)(C)C)n2)C[C@@H]1OC(=O)NC12CC(C1)C2. The Balaban J connectivity index is 1.27. The lowest BCUT2D eigenvalue weighted by atomic mass is 9.50. The highest BCUT2D eigenvalue weighted by Crippen LogP contribution is 2.57. The van der Waals surface area contributed by atoms with Gasteiger partial charge in [0.1, 0.15) is 17.6 Å². The van der Waals surface area contributed by atoms with Crippen LogP contribution in [0.1, 0.15) is 81.9 Å². The number of nitrogens with one attached hydrogen (secondary N) is 2. The van der Waals surface area contributed by atoms with Gasteiger partial charge in [-0.2, -0.15) is 5.10 Å². The van der Waals surface area contributed by atoms with Gasteiger partial charge in [-0.05, 0) is 64.7 Å². The molecule has 4 saturated carbocycles. The highest BCUT2D eigenvalue weighted by molar-refractivity contribution is 6.02. The maximum Gasteiger partial charge on any atom is 0.407 e. The molecule has 208 valence electrons. The van der Waals surface area contributed by atoms with Gasteiger partial charge < -0.3 is 20.1 Å². The molecule has 0 aliphatic heterocycles. The number of carbonyl (C=O) groups excluding carboxylic acids is 2. The van der Waals surface area contributed by atoms with Crippen LogP contribution in [0.25, 0.3) is 0 Å². The van der Waals surface area contributed by atoms with Crippen molar-refractivity contribution in [1.29, 1.82) is 0 Å². The van der Waals surface area contributed by atoms with E-state index in [9.17, 15) is 18.4 Å². The lowest BCUT2D eigenvalue weighted by Crippen LogP contribution is -2.68. The Kier molecular flexibility index (Phi) is 6.63. The van der Waals surface area contributed by atoms with Gasteiger partial charge in [0.05, 0.1) is 11.2 Å². The Morgan fingerprint density at radius 3 is 2.50 bits per heavy atom. The molecular weight excluding hydrogens is 498 g/mol. The third-order valence-electron chi connectivity index (χ3n) is 7.94. The summed E-state index contributed by atoms with van der Waals surface area (Å²) >= 11 is 0. The largest absolute Gasteiger partial charge is 0.471 e. The van der Waals surface area contributed by atoms with Crippen LogP contribution in [0.5, 0.6) is 5.88 Å². The standard InChI is InChI=1S/C26H36F2N6O4/c1-14-6-16(7-19(14)38-24(36)30-26-10-15(11-26)12-26)17-8-21(34(31-17)25(2,3)4)29-23(35)18-9-22(32-33(18)5)37-13-20(27)28/h8-9,14-16,19-20H,6-7,10-13H2,1-5H3,(H,29,35)(H,30,36)/t14-,15?,16+,19+,26?/m1/s1. The molecule has 4 aliphatic carbocycles. The Morgan fingerprint density at radius 2 is 1.89 bits per heavy atom. The molecule has 2 aromatic heterocycles. The van der Waals surface area contributed by atoms with Crippen LogP contribution in [0.2, 0.25) is 0 Å². The summed E-state index contributed by atoms with van der Waals surface area (Å²) in [5.41, 5.74) is 0.529. The Hall–Kier alpha value is -3.18. The van der Waals surface area contributed by atoms with Gasteiger partial charge in [0.25, 0.3) is 12.3 Å². The summed E-state index contributed by atoms with van der Waals surface area (Å²) in [6, 6.07) is 3.18. The van der Waals surface area contributed by atoms with Gasteiger partial charge in [0.2, 0.25) is 5.88 Å². The zero-order valence-electron chi connectivity index (χ0n) is 22.5. The highest BCUT2D eigenvalue weighted by Gasteiger charge is 2.57. The summed E-state index contributed by atoms with van der Waals surface area (Å²) in [4.78, 5) is 25.6. The first-order valence-electron chi connectivity index (χ1n) is 13.2. The molecule has 6 rings (SSSR count). The number of alkyl carbamates (subject to hydrolysis) is 1. The molecule has 38 heavy (non-hydrogen) atoms. The Bertz CT molecular complexity index is 1200. The zero-order chi connectivity index (χ0) is 27.4. The molecule has 3 atom stereocenters. The van der Waals surface area contributed by atoms with E-state index < -0.39 is 24.5 Å². The first-order valence-corrected chi connectivity index (χ1v) is 13.2. The van der Waals surface area contributed by atoms with Gasteiger partial charge >= 0.3 is 6.09 Å². The Labute approximate surface area is 220 Å². The van der Waals surface area contributed by atoms with Gasteiger partial charge in [0.15, 0.2) is 6.61 Å². The first-order chi connectivity index (χ1) is 17.8. The number of nitrogens with zero attached hydrogens (tertiary/aromatic N) is 4. The molecule has 0 spiro atoms. The lowest BCUT2D eigenvalue weighted by Gasteiger charge is -2.61. The van der Waals surface area contributed by atoms with Gasteiger partial charge in [-0.3, -0.25) is 9.48 Å². The second kappa shape index (κ2) is 9.53. The van der Waals surface area contributed by atoms with Crippen LogP contribution in [0.3, 0.4) is 0 Å². The molecule has 2 aromatic rings. The molecule has 2 bridgehead atoms. The van der Waals surface area contributed by atoms with Gasteiger partial charge in [-0.15, -0.1) is 5.10 Å². The fourth-order valence-corrected chi connectivity index (χ4v) is 5.88. The number of rotatable bonds is 8. The number of hydrogen-bond donors (Lipinski definition) is 2. The number of anilines is 1. The maximum absolute atomic E-state index is 13.1. The summed E-state index contributed by atoms with van der Waals surface area (Å²) in [5.74, 6) is 1.02. The van der Waals surface area contributed by atoms with Crippen LogP contribution in [0.15, 0.2) is 12.1 Å². The maximum atomic E-state index is 13.1. The van der Waals surface area contributed by atoms with Crippen LogP contribution >= 0.6 is 0 Å². The van der Waals surface area contributed by atoms with Crippen molar-refractivity contribution in [1.82, 2.24) is 24.9 Å². The molecule has 12 heteroatoms. The van der Waals surface area contributed by atoms with E-state index in [0.29, 0.717) is 12.2 Å². The molecule has 4 aliphatic rings. The number of halogens is 2. The van der Waals surface area contributed by atoms with Crippen molar-refractivity contribution < 1.29 is 27.8 Å². The van der Waals surface area contributed by atoms with E-state index in [2.05, 4.69) is 22.7 Å². The smallest absolute Gasteiger partial charge is 0.407 e. The van der Waals surface area contributed by atoms with Crippen molar-refractivity contribution in [2.24, 2.45) is 18.9 Å². The number of aromatic nitrogens is 4. The second-order valence-corrected chi connectivity index (χ2v) is 12.2. The number of carbonyl (C=O) groups is 2. The fraction of sp³-hybridized carbons (Fsp3) is 0.692. The minimum Gasteiger partial charge on any atom is -0.471 e. The first kappa shape index (κ1) is 26.4. The minimum atomic E-state index is -2.64. The second-order valence-electron chi connectivity index (χ2n) is 12.2. The predicted octanol–water partition coefficient (Wildman–Crippen LogP) is 4.43. The van der Waals surface area contributed by atoms with Crippen molar-refractivity contribution in [3.63, 3.8) is 0 Å². The third-order valence-corrected chi connectivity index (χ3v) is 7.94. The molecule has 0 unspecified atom stereocenters. The van der Waals surface area contributed by atoms with Gasteiger partial charge in [-0.1, -0.05) is 6.92 Å². The monoisotopic (exact) mass is 534 g/mol. The van der Waals surface area contributed by atoms with E-state index >= 15 is 0 Å². The van der Waals surface area contributed by atoms with Gasteiger partial charge in [-0.25, -0.2) is 18.3 Å². The molecule has 0 radical (unpaired) electrons. The Morgan fingerprint density at radius 1 is 1.18 bits per heavy atom. The molecule has 2 heterocycles. The average molecular weight is 535 g/mol. The van der Waals surface area contributed by atoms with Crippen molar-refractivity contribution in [2.75, 3.05) is 11.9 Å². The molecule has 10 nitrogen and oxygen atoms in total. The normalized spacial score (nSPS) is 28.0. The van der Waals surface area contributed by atoms with E-state index in [-0.39, 0.29) is 41.1 Å². The topological polar surface area (TPSA) is 112 Å². The van der Waals surface area contributed by atoms with Crippen molar-refractivity contribution in [3.8, 4) is 5.88 Å². The molecule has 2 N–H and O–H groups in total. The van der Waals surface area contributed by atoms with Crippen LogP contribution in [-0.2, 0) is 17.3 Å². The van der Waals surface area contributed by atoms with Gasteiger partial charge in [0, 0.05) is 30.6 Å². The van der Waals surface area contributed by atoms with E-state index in [4.69, 9.17) is 14.6 Å². The number of amides is 2. The van der Waals surface area contributed by atoms with E-state index in [0.717, 1.165) is 37.3 Å². The summed E-state index contributed by atoms with van der Waals surface area (Å²) < 4.78 is 38.8. The van der Waals surface area contributed by atoms with Crippen molar-refractivity contribution >= 4 is 17.8 Å². The molecule has 0 saturated heterocycles. The minimum absolute atomic E-state index is 0.0226. The summed E-state index contributed by atoms with van der Waals surface area (Å²) in [6.45, 7) is 7.23. The van der Waals surface area contributed by atoms with Crippen LogP contribution in [0, 0.1) is 11.8 Å². The van der Waals surface area contributed by atoms with Crippen molar-refractivity contribution in [2.45, 2.75) is 89.3 Å². The number of aryl methyl sites for hydroxylation is 1. The number of hydrogen-bond acceptors (Lipinski definition) is 6. The average Bonchev–Trinajstić information content (AvgIpc) is 3.45. The lowest BCUT2D eigenvalue weighted by molar-refractivity contribution is -0.0520. The summed E-state index contributed by atoms with van der Waals surface area (Å²) in [7, 11) is 1.54. The van der Waals surface area contributed by atoms with E-state index in [1.165, 1.54) is 10.7 Å². The summed E-state index contributed by atoms with van der Waals surface area (Å²) in [6.07, 6.45) is 1.48. The van der Waals surface area contributed by atoms with E-state index in [1.54, 1.807) is 11.7 Å².